The highest BCUT2D eigenvalue weighted by molar-refractivity contribution is 5.78. The first-order chi connectivity index (χ1) is 13.8. The third-order valence-corrected chi connectivity index (χ3v) is 5.30. The average Bonchev–Trinajstić information content (AvgIpc) is 2.76. The molecule has 0 aliphatic heterocycles. The van der Waals surface area contributed by atoms with Gasteiger partial charge >= 0.3 is 0 Å². The Labute approximate surface area is 168 Å². The summed E-state index contributed by atoms with van der Waals surface area (Å²) in [5.74, 6) is 0.503. The molecule has 0 N–H and O–H groups in total. The summed E-state index contributed by atoms with van der Waals surface area (Å²) in [6.45, 7) is 6.19. The second kappa shape index (κ2) is 8.14. The minimum Gasteiger partial charge on any atom is -0.311 e. The summed E-state index contributed by atoms with van der Waals surface area (Å²) in [4.78, 5) is 2.29. The molecular formula is C27H25N. The summed E-state index contributed by atoms with van der Waals surface area (Å²) in [6, 6.07) is 29.9. The molecule has 0 saturated heterocycles. The highest BCUT2D eigenvalue weighted by Crippen LogP contribution is 2.37. The fraction of sp³-hybridized carbons (Fsp3) is 0.111. The lowest BCUT2D eigenvalue weighted by Gasteiger charge is -2.26. The Balaban J connectivity index is 1.71. The molecule has 1 nitrogen and oxygen atoms in total. The van der Waals surface area contributed by atoms with Crippen LogP contribution in [0.25, 0.3) is 5.57 Å². The summed E-state index contributed by atoms with van der Waals surface area (Å²) in [5.41, 5.74) is 7.47. The van der Waals surface area contributed by atoms with Crippen LogP contribution in [0.1, 0.15) is 18.9 Å². The lowest BCUT2D eigenvalue weighted by Crippen LogP contribution is -2.10. The van der Waals surface area contributed by atoms with E-state index in [4.69, 9.17) is 0 Å². The van der Waals surface area contributed by atoms with E-state index in [2.05, 4.69) is 115 Å². The molecule has 0 amide bonds. The van der Waals surface area contributed by atoms with Gasteiger partial charge in [-0.1, -0.05) is 80.3 Å². The van der Waals surface area contributed by atoms with E-state index in [1.807, 2.05) is 6.08 Å². The maximum Gasteiger partial charge on any atom is 0.0462 e. The van der Waals surface area contributed by atoms with E-state index in [9.17, 15) is 0 Å². The third-order valence-electron chi connectivity index (χ3n) is 5.30. The van der Waals surface area contributed by atoms with Crippen LogP contribution < -0.4 is 4.90 Å². The second-order valence-electron chi connectivity index (χ2n) is 7.23. The van der Waals surface area contributed by atoms with Crippen LogP contribution in [0.15, 0.2) is 115 Å². The van der Waals surface area contributed by atoms with Crippen LogP contribution in [0.3, 0.4) is 0 Å². The molecule has 1 atom stereocenters. The quantitative estimate of drug-likeness (QED) is 0.449. The molecule has 3 aromatic rings. The van der Waals surface area contributed by atoms with E-state index < -0.39 is 0 Å². The monoisotopic (exact) mass is 363 g/mol. The van der Waals surface area contributed by atoms with Crippen LogP contribution in [0.2, 0.25) is 0 Å². The zero-order valence-corrected chi connectivity index (χ0v) is 16.3. The number of allylic oxidation sites excluding steroid dienone is 5. The Morgan fingerprint density at radius 1 is 0.750 bits per heavy atom. The van der Waals surface area contributed by atoms with E-state index in [-0.39, 0.29) is 0 Å². The molecule has 0 fully saturated rings. The van der Waals surface area contributed by atoms with Crippen LogP contribution in [0, 0.1) is 5.92 Å². The molecule has 0 spiro atoms. The van der Waals surface area contributed by atoms with Crippen molar-refractivity contribution in [2.45, 2.75) is 13.3 Å². The largest absolute Gasteiger partial charge is 0.311 e. The molecule has 0 heterocycles. The first kappa shape index (κ1) is 18.1. The van der Waals surface area contributed by atoms with Gasteiger partial charge in [-0.25, -0.2) is 0 Å². The number of rotatable bonds is 5. The normalized spacial score (nSPS) is 16.1. The average molecular weight is 364 g/mol. The first-order valence-corrected chi connectivity index (χ1v) is 9.80. The maximum absolute atomic E-state index is 3.90. The predicted molar refractivity (Wildman–Crippen MR) is 121 cm³/mol. The number of hydrogen-bond acceptors (Lipinski definition) is 1. The molecule has 0 aromatic heterocycles. The fourth-order valence-electron chi connectivity index (χ4n) is 3.83. The highest BCUT2D eigenvalue weighted by Gasteiger charge is 2.16. The number of anilines is 3. The van der Waals surface area contributed by atoms with Gasteiger partial charge in [-0.15, -0.1) is 0 Å². The molecule has 0 bridgehead atoms. The van der Waals surface area contributed by atoms with Crippen molar-refractivity contribution in [2.75, 3.05) is 4.90 Å². The lowest BCUT2D eigenvalue weighted by atomic mass is 9.84. The van der Waals surface area contributed by atoms with Crippen molar-refractivity contribution >= 4 is 22.6 Å². The lowest BCUT2D eigenvalue weighted by molar-refractivity contribution is 0.739. The standard InChI is InChI=1S/C27H25N/c1-3-22-14-19-27(21(2)20-22)23-15-17-26(18-16-23)28(24-10-6-4-7-11-24)25-12-8-5-9-13-25/h3-19,21H,1,20H2,2H3. The highest BCUT2D eigenvalue weighted by atomic mass is 15.1. The molecule has 4 rings (SSSR count). The van der Waals surface area contributed by atoms with Crippen LogP contribution in [0.4, 0.5) is 17.1 Å². The number of benzene rings is 3. The zero-order chi connectivity index (χ0) is 19.3. The van der Waals surface area contributed by atoms with Crippen molar-refractivity contribution < 1.29 is 0 Å². The van der Waals surface area contributed by atoms with Crippen LogP contribution in [0.5, 0.6) is 0 Å². The first-order valence-electron chi connectivity index (χ1n) is 9.80. The van der Waals surface area contributed by atoms with Crippen LogP contribution >= 0.6 is 0 Å². The number of hydrogen-bond donors (Lipinski definition) is 0. The predicted octanol–water partition coefficient (Wildman–Crippen LogP) is 7.69. The van der Waals surface area contributed by atoms with Gasteiger partial charge in [0.1, 0.15) is 0 Å². The molecule has 1 unspecified atom stereocenters. The van der Waals surface area contributed by atoms with Gasteiger partial charge in [0, 0.05) is 17.1 Å². The van der Waals surface area contributed by atoms with Crippen molar-refractivity contribution in [3.05, 3.63) is 121 Å². The Bertz CT molecular complexity index is 956. The van der Waals surface area contributed by atoms with Crippen molar-refractivity contribution in [2.24, 2.45) is 5.92 Å². The molecule has 1 aliphatic carbocycles. The van der Waals surface area contributed by atoms with E-state index in [1.54, 1.807) is 0 Å². The minimum absolute atomic E-state index is 0.503. The van der Waals surface area contributed by atoms with Gasteiger partial charge in [-0.05, 0) is 65.4 Å². The molecule has 3 aromatic carbocycles. The molecule has 28 heavy (non-hydrogen) atoms. The van der Waals surface area contributed by atoms with Crippen LogP contribution in [-0.4, -0.2) is 0 Å². The van der Waals surface area contributed by atoms with Gasteiger partial charge in [0.2, 0.25) is 0 Å². The second-order valence-corrected chi connectivity index (χ2v) is 7.23. The summed E-state index contributed by atoms with van der Waals surface area (Å²) >= 11 is 0. The Kier molecular flexibility index (Phi) is 5.25. The van der Waals surface area contributed by atoms with Gasteiger partial charge in [-0.3, -0.25) is 0 Å². The Morgan fingerprint density at radius 3 is 1.79 bits per heavy atom. The molecule has 1 heteroatoms. The fourth-order valence-corrected chi connectivity index (χ4v) is 3.83. The SMILES string of the molecule is C=CC1=CC=C(c2ccc(N(c3ccccc3)c3ccccc3)cc2)C(C)C1. The Morgan fingerprint density at radius 2 is 1.29 bits per heavy atom. The molecular weight excluding hydrogens is 338 g/mol. The van der Waals surface area contributed by atoms with Crippen molar-refractivity contribution in [1.82, 2.24) is 0 Å². The molecule has 0 saturated carbocycles. The summed E-state index contributed by atoms with van der Waals surface area (Å²) in [6.07, 6.45) is 7.45. The Hall–Kier alpha value is -3.32. The molecule has 138 valence electrons. The maximum atomic E-state index is 3.90. The van der Waals surface area contributed by atoms with Crippen molar-refractivity contribution in [3.8, 4) is 0 Å². The van der Waals surface area contributed by atoms with Gasteiger partial charge in [-0.2, -0.15) is 0 Å². The minimum atomic E-state index is 0.503. The van der Waals surface area contributed by atoms with Crippen LogP contribution in [-0.2, 0) is 0 Å². The third kappa shape index (κ3) is 3.70. The topological polar surface area (TPSA) is 3.24 Å². The van der Waals surface area contributed by atoms with Gasteiger partial charge in [0.15, 0.2) is 0 Å². The summed E-state index contributed by atoms with van der Waals surface area (Å²) in [7, 11) is 0. The number of para-hydroxylation sites is 2. The van der Waals surface area contributed by atoms with Gasteiger partial charge in [0.25, 0.3) is 0 Å². The van der Waals surface area contributed by atoms with E-state index >= 15 is 0 Å². The van der Waals surface area contributed by atoms with E-state index in [0.717, 1.165) is 23.5 Å². The van der Waals surface area contributed by atoms with Crippen molar-refractivity contribution in [3.63, 3.8) is 0 Å². The van der Waals surface area contributed by atoms with Gasteiger partial charge < -0.3 is 4.90 Å². The van der Waals surface area contributed by atoms with E-state index in [0.29, 0.717) is 5.92 Å². The van der Waals surface area contributed by atoms with Gasteiger partial charge in [0.05, 0.1) is 0 Å². The number of nitrogens with zero attached hydrogens (tertiary/aromatic N) is 1. The molecule has 1 aliphatic rings. The smallest absolute Gasteiger partial charge is 0.0462 e. The summed E-state index contributed by atoms with van der Waals surface area (Å²) in [5, 5.41) is 0. The molecule has 0 radical (unpaired) electrons. The van der Waals surface area contributed by atoms with E-state index in [1.165, 1.54) is 16.7 Å². The van der Waals surface area contributed by atoms with Crippen molar-refractivity contribution in [1.29, 1.82) is 0 Å². The summed E-state index contributed by atoms with van der Waals surface area (Å²) < 4.78 is 0. The zero-order valence-electron chi connectivity index (χ0n) is 16.3.